The normalized spacial score (nSPS) is 24.0. The number of piperidine rings is 1. The summed E-state index contributed by atoms with van der Waals surface area (Å²) >= 11 is 0. The first-order valence-corrected chi connectivity index (χ1v) is 6.12. The average Bonchev–Trinajstić information content (AvgIpc) is 2.73. The molecule has 0 aromatic carbocycles. The molecule has 5 heteroatoms. The first-order chi connectivity index (χ1) is 8.49. The van der Waals surface area contributed by atoms with Gasteiger partial charge in [-0.3, -0.25) is 9.59 Å². The maximum atomic E-state index is 12.3. The molecule has 1 aromatic rings. The van der Waals surface area contributed by atoms with Crippen LogP contribution < -0.4 is 0 Å². The molecule has 2 unspecified atom stereocenters. The van der Waals surface area contributed by atoms with E-state index in [9.17, 15) is 9.59 Å². The van der Waals surface area contributed by atoms with Gasteiger partial charge in [0.1, 0.15) is 5.69 Å². The van der Waals surface area contributed by atoms with Crippen molar-refractivity contribution in [1.29, 1.82) is 0 Å². The van der Waals surface area contributed by atoms with E-state index in [1.54, 1.807) is 15.5 Å². The zero-order valence-corrected chi connectivity index (χ0v) is 10.7. The molecule has 2 rings (SSSR count). The van der Waals surface area contributed by atoms with E-state index in [1.807, 2.05) is 26.2 Å². The quantitative estimate of drug-likeness (QED) is 0.858. The largest absolute Gasteiger partial charge is 0.481 e. The van der Waals surface area contributed by atoms with Crippen LogP contribution in [0.4, 0.5) is 0 Å². The molecule has 1 amide bonds. The van der Waals surface area contributed by atoms with Crippen molar-refractivity contribution in [3.8, 4) is 0 Å². The minimum absolute atomic E-state index is 0.0831. The number of likely N-dealkylation sites (tertiary alicyclic amines) is 1. The van der Waals surface area contributed by atoms with Gasteiger partial charge in [0.2, 0.25) is 0 Å². The molecule has 1 aliphatic heterocycles. The third-order valence-corrected chi connectivity index (χ3v) is 3.46. The molecular weight excluding hydrogens is 232 g/mol. The zero-order valence-electron chi connectivity index (χ0n) is 10.7. The number of aryl methyl sites for hydroxylation is 1. The number of aromatic nitrogens is 1. The SMILES string of the molecule is CC1CC(C(=O)O)CN(C(=O)c2cccn2C)C1. The molecule has 0 spiro atoms. The van der Waals surface area contributed by atoms with Gasteiger partial charge < -0.3 is 14.6 Å². The zero-order chi connectivity index (χ0) is 13.3. The van der Waals surface area contributed by atoms with Crippen molar-refractivity contribution in [3.05, 3.63) is 24.0 Å². The molecule has 5 nitrogen and oxygen atoms in total. The molecular formula is C13H18N2O3. The molecule has 0 bridgehead atoms. The van der Waals surface area contributed by atoms with E-state index < -0.39 is 11.9 Å². The predicted molar refractivity (Wildman–Crippen MR) is 66.2 cm³/mol. The number of rotatable bonds is 2. The summed E-state index contributed by atoms with van der Waals surface area (Å²) in [5.41, 5.74) is 0.605. The van der Waals surface area contributed by atoms with Crippen molar-refractivity contribution in [2.45, 2.75) is 13.3 Å². The fourth-order valence-electron chi connectivity index (χ4n) is 2.54. The van der Waals surface area contributed by atoms with Crippen molar-refractivity contribution in [3.63, 3.8) is 0 Å². The molecule has 18 heavy (non-hydrogen) atoms. The Kier molecular flexibility index (Phi) is 3.41. The lowest BCUT2D eigenvalue weighted by Gasteiger charge is -2.34. The van der Waals surface area contributed by atoms with Gasteiger partial charge in [-0.1, -0.05) is 6.92 Å². The Morgan fingerprint density at radius 2 is 2.11 bits per heavy atom. The molecule has 1 fully saturated rings. The van der Waals surface area contributed by atoms with Crippen molar-refractivity contribution < 1.29 is 14.7 Å². The van der Waals surface area contributed by atoms with E-state index in [2.05, 4.69) is 0 Å². The molecule has 1 aliphatic rings. The lowest BCUT2D eigenvalue weighted by atomic mass is 9.90. The number of carbonyl (C=O) groups is 2. The Balaban J connectivity index is 2.15. The van der Waals surface area contributed by atoms with Gasteiger partial charge in [-0.2, -0.15) is 0 Å². The molecule has 2 atom stereocenters. The lowest BCUT2D eigenvalue weighted by molar-refractivity contribution is -0.143. The van der Waals surface area contributed by atoms with Crippen LogP contribution in [0.1, 0.15) is 23.8 Å². The highest BCUT2D eigenvalue weighted by atomic mass is 16.4. The van der Waals surface area contributed by atoms with Crippen LogP contribution >= 0.6 is 0 Å². The van der Waals surface area contributed by atoms with E-state index in [-0.39, 0.29) is 11.8 Å². The highest BCUT2D eigenvalue weighted by Crippen LogP contribution is 2.23. The smallest absolute Gasteiger partial charge is 0.308 e. The molecule has 0 saturated carbocycles. The van der Waals surface area contributed by atoms with Gasteiger partial charge >= 0.3 is 5.97 Å². The van der Waals surface area contributed by atoms with Gasteiger partial charge in [-0.25, -0.2) is 0 Å². The number of hydrogen-bond donors (Lipinski definition) is 1. The van der Waals surface area contributed by atoms with E-state index in [4.69, 9.17) is 5.11 Å². The fraction of sp³-hybridized carbons (Fsp3) is 0.538. The van der Waals surface area contributed by atoms with Crippen LogP contribution in [0, 0.1) is 11.8 Å². The standard InChI is InChI=1S/C13H18N2O3/c1-9-6-10(13(17)18)8-15(7-9)12(16)11-4-3-5-14(11)2/h3-5,9-10H,6-8H2,1-2H3,(H,17,18). The minimum atomic E-state index is -0.814. The number of carboxylic acid groups (broad SMARTS) is 1. The summed E-state index contributed by atoms with van der Waals surface area (Å²) in [6, 6.07) is 3.58. The highest BCUT2D eigenvalue weighted by molar-refractivity contribution is 5.93. The third-order valence-electron chi connectivity index (χ3n) is 3.46. The van der Waals surface area contributed by atoms with Gasteiger partial charge in [-0.05, 0) is 24.5 Å². The number of amides is 1. The summed E-state index contributed by atoms with van der Waals surface area (Å²) in [5.74, 6) is -1.12. The summed E-state index contributed by atoms with van der Waals surface area (Å²) in [5, 5.41) is 9.10. The van der Waals surface area contributed by atoms with Crippen LogP contribution in [0.2, 0.25) is 0 Å². The second-order valence-electron chi connectivity index (χ2n) is 5.09. The number of aliphatic carboxylic acids is 1. The first kappa shape index (κ1) is 12.7. The molecule has 0 aliphatic carbocycles. The molecule has 1 saturated heterocycles. The topological polar surface area (TPSA) is 62.5 Å². The van der Waals surface area contributed by atoms with E-state index in [0.717, 1.165) is 0 Å². The molecule has 2 heterocycles. The summed E-state index contributed by atoms with van der Waals surface area (Å²) in [6.07, 6.45) is 2.46. The fourth-order valence-corrected chi connectivity index (χ4v) is 2.54. The highest BCUT2D eigenvalue weighted by Gasteiger charge is 2.32. The van der Waals surface area contributed by atoms with Gasteiger partial charge in [-0.15, -0.1) is 0 Å². The summed E-state index contributed by atoms with van der Waals surface area (Å²) in [6.45, 7) is 2.93. The van der Waals surface area contributed by atoms with E-state index in [1.165, 1.54) is 0 Å². The van der Waals surface area contributed by atoms with Gasteiger partial charge in [0, 0.05) is 26.3 Å². The average molecular weight is 250 g/mol. The van der Waals surface area contributed by atoms with Crippen LogP contribution in [-0.4, -0.2) is 39.5 Å². The first-order valence-electron chi connectivity index (χ1n) is 6.12. The Labute approximate surface area is 106 Å². The van der Waals surface area contributed by atoms with Crippen LogP contribution in [0.5, 0.6) is 0 Å². The van der Waals surface area contributed by atoms with Crippen LogP contribution in [-0.2, 0) is 11.8 Å². The van der Waals surface area contributed by atoms with Crippen LogP contribution in [0.15, 0.2) is 18.3 Å². The summed E-state index contributed by atoms with van der Waals surface area (Å²) in [7, 11) is 1.81. The number of nitrogens with zero attached hydrogens (tertiary/aromatic N) is 2. The van der Waals surface area contributed by atoms with Crippen molar-refractivity contribution in [2.24, 2.45) is 18.9 Å². The van der Waals surface area contributed by atoms with Crippen LogP contribution in [0.25, 0.3) is 0 Å². The monoisotopic (exact) mass is 250 g/mol. The lowest BCUT2D eigenvalue weighted by Crippen LogP contribution is -2.45. The van der Waals surface area contributed by atoms with E-state index in [0.29, 0.717) is 25.2 Å². The molecule has 1 aromatic heterocycles. The second-order valence-corrected chi connectivity index (χ2v) is 5.09. The summed E-state index contributed by atoms with van der Waals surface area (Å²) in [4.78, 5) is 25.0. The van der Waals surface area contributed by atoms with Gasteiger partial charge in [0.15, 0.2) is 0 Å². The molecule has 98 valence electrons. The van der Waals surface area contributed by atoms with Crippen molar-refractivity contribution >= 4 is 11.9 Å². The predicted octanol–water partition coefficient (Wildman–Crippen LogP) is 1.21. The number of carbonyl (C=O) groups excluding carboxylic acids is 1. The second kappa shape index (κ2) is 4.84. The maximum Gasteiger partial charge on any atom is 0.308 e. The van der Waals surface area contributed by atoms with Crippen molar-refractivity contribution in [2.75, 3.05) is 13.1 Å². The van der Waals surface area contributed by atoms with Crippen molar-refractivity contribution in [1.82, 2.24) is 9.47 Å². The number of carboxylic acids is 1. The third kappa shape index (κ3) is 2.39. The van der Waals surface area contributed by atoms with Gasteiger partial charge in [0.05, 0.1) is 5.92 Å². The number of hydrogen-bond acceptors (Lipinski definition) is 2. The van der Waals surface area contributed by atoms with E-state index >= 15 is 0 Å². The van der Waals surface area contributed by atoms with Crippen LogP contribution in [0.3, 0.4) is 0 Å². The minimum Gasteiger partial charge on any atom is -0.481 e. The maximum absolute atomic E-state index is 12.3. The Bertz CT molecular complexity index is 467. The Morgan fingerprint density at radius 3 is 2.67 bits per heavy atom. The molecule has 1 N–H and O–H groups in total. The Hall–Kier alpha value is -1.78. The van der Waals surface area contributed by atoms with Gasteiger partial charge in [0.25, 0.3) is 5.91 Å². The molecule has 0 radical (unpaired) electrons. The summed E-state index contributed by atoms with van der Waals surface area (Å²) < 4.78 is 1.76. The Morgan fingerprint density at radius 1 is 1.39 bits per heavy atom.